The Balaban J connectivity index is 1.71. The lowest BCUT2D eigenvalue weighted by atomic mass is 10.0. The van der Waals surface area contributed by atoms with Gasteiger partial charge in [0.2, 0.25) is 5.91 Å². The number of carbonyl (C=O) groups is 1. The summed E-state index contributed by atoms with van der Waals surface area (Å²) in [5, 5.41) is 7.42. The van der Waals surface area contributed by atoms with Crippen LogP contribution >= 0.6 is 22.7 Å². The molecular formula is C24H25N5O3S2. The molecule has 0 fully saturated rings. The number of carbonyl (C=O) groups excluding carboxylic acids is 1. The van der Waals surface area contributed by atoms with Gasteiger partial charge in [-0.1, -0.05) is 35.9 Å². The zero-order valence-corrected chi connectivity index (χ0v) is 20.7. The third-order valence-corrected chi connectivity index (χ3v) is 7.22. The lowest BCUT2D eigenvalue weighted by Crippen LogP contribution is -2.45. The lowest BCUT2D eigenvalue weighted by Gasteiger charge is -2.19. The molecule has 10 heteroatoms. The van der Waals surface area contributed by atoms with Gasteiger partial charge in [0.25, 0.3) is 5.56 Å². The zero-order chi connectivity index (χ0) is 24.4. The Hall–Kier alpha value is -3.50. The van der Waals surface area contributed by atoms with Crippen LogP contribution in [-0.2, 0) is 17.9 Å². The highest BCUT2D eigenvalue weighted by Crippen LogP contribution is 2.26. The average Bonchev–Trinajstić information content (AvgIpc) is 3.48. The van der Waals surface area contributed by atoms with Crippen LogP contribution in [0.5, 0.6) is 0 Å². The average molecular weight is 496 g/mol. The standard InChI is InChI=1S/C24H25N5O3S2/c1-4-28-22(25)20(17-13-34-15(3)26-17)23(31)29(24(28)32)12-19(30)27-21(18-6-5-11-33-18)16-9-7-14(2)8-10-16/h5-11,13,21H,4,12,25H2,1-3H3,(H,27,30). The lowest BCUT2D eigenvalue weighted by molar-refractivity contribution is -0.122. The molecule has 0 spiro atoms. The second-order valence-corrected chi connectivity index (χ2v) is 9.90. The number of benzene rings is 1. The van der Waals surface area contributed by atoms with E-state index in [2.05, 4.69) is 10.3 Å². The molecule has 176 valence electrons. The van der Waals surface area contributed by atoms with E-state index < -0.39 is 29.7 Å². The third kappa shape index (κ3) is 4.59. The molecule has 8 nitrogen and oxygen atoms in total. The molecule has 0 saturated heterocycles. The number of hydrogen-bond acceptors (Lipinski definition) is 7. The maximum atomic E-state index is 13.3. The highest BCUT2D eigenvalue weighted by Gasteiger charge is 2.23. The molecule has 1 aromatic carbocycles. The van der Waals surface area contributed by atoms with Crippen LogP contribution < -0.4 is 22.3 Å². The quantitative estimate of drug-likeness (QED) is 0.409. The van der Waals surface area contributed by atoms with E-state index in [1.807, 2.05) is 55.6 Å². The Morgan fingerprint density at radius 3 is 2.44 bits per heavy atom. The van der Waals surface area contributed by atoms with Gasteiger partial charge < -0.3 is 11.1 Å². The molecule has 0 aliphatic heterocycles. The molecule has 0 aliphatic carbocycles. The summed E-state index contributed by atoms with van der Waals surface area (Å²) in [6, 6.07) is 11.3. The topological polar surface area (TPSA) is 112 Å². The van der Waals surface area contributed by atoms with Crippen molar-refractivity contribution in [2.24, 2.45) is 0 Å². The van der Waals surface area contributed by atoms with Crippen LogP contribution in [0, 0.1) is 13.8 Å². The van der Waals surface area contributed by atoms with Crippen molar-refractivity contribution < 1.29 is 4.79 Å². The van der Waals surface area contributed by atoms with Gasteiger partial charge in [0.15, 0.2) is 0 Å². The predicted molar refractivity (Wildman–Crippen MR) is 136 cm³/mol. The number of nitrogens with one attached hydrogen (secondary N) is 1. The van der Waals surface area contributed by atoms with Crippen LogP contribution in [0.2, 0.25) is 0 Å². The number of aromatic nitrogens is 3. The van der Waals surface area contributed by atoms with Crippen molar-refractivity contribution in [2.45, 2.75) is 39.9 Å². The van der Waals surface area contributed by atoms with Crippen molar-refractivity contribution >= 4 is 34.4 Å². The van der Waals surface area contributed by atoms with Gasteiger partial charge in [-0.3, -0.25) is 18.7 Å². The van der Waals surface area contributed by atoms with Crippen molar-refractivity contribution in [3.05, 3.63) is 89.0 Å². The number of hydrogen-bond donors (Lipinski definition) is 2. The number of rotatable bonds is 7. The summed E-state index contributed by atoms with van der Waals surface area (Å²) in [7, 11) is 0. The molecule has 4 aromatic rings. The number of nitrogens with two attached hydrogens (primary N) is 1. The van der Waals surface area contributed by atoms with Crippen LogP contribution in [0.1, 0.15) is 34.0 Å². The molecule has 1 unspecified atom stereocenters. The number of amides is 1. The van der Waals surface area contributed by atoms with Crippen LogP contribution in [0.15, 0.2) is 56.7 Å². The summed E-state index contributed by atoms with van der Waals surface area (Å²) in [5.74, 6) is -0.401. The summed E-state index contributed by atoms with van der Waals surface area (Å²) in [4.78, 5) is 44.8. The molecule has 3 heterocycles. The number of aryl methyl sites for hydroxylation is 2. The first-order valence-electron chi connectivity index (χ1n) is 10.7. The van der Waals surface area contributed by atoms with E-state index in [1.165, 1.54) is 27.2 Å². The summed E-state index contributed by atoms with van der Waals surface area (Å²) < 4.78 is 2.22. The minimum Gasteiger partial charge on any atom is -0.384 e. The molecule has 0 aliphatic rings. The predicted octanol–water partition coefficient (Wildman–Crippen LogP) is 3.32. The molecule has 0 saturated carbocycles. The monoisotopic (exact) mass is 495 g/mol. The fourth-order valence-corrected chi connectivity index (χ4v) is 5.17. The van der Waals surface area contributed by atoms with Crippen molar-refractivity contribution in [3.8, 4) is 11.3 Å². The second kappa shape index (κ2) is 9.78. The SMILES string of the molecule is CCn1c(N)c(-c2csc(C)n2)c(=O)n(CC(=O)NC(c2ccc(C)cc2)c2cccs2)c1=O. The number of nitrogens with zero attached hydrogens (tertiary/aromatic N) is 3. The van der Waals surface area contributed by atoms with Gasteiger partial charge >= 0.3 is 5.69 Å². The summed E-state index contributed by atoms with van der Waals surface area (Å²) in [6.45, 7) is 5.40. The number of nitrogen functional groups attached to an aromatic ring is 1. The van der Waals surface area contributed by atoms with Crippen molar-refractivity contribution in [3.63, 3.8) is 0 Å². The smallest absolute Gasteiger partial charge is 0.333 e. The van der Waals surface area contributed by atoms with Gasteiger partial charge in [-0.2, -0.15) is 0 Å². The molecule has 4 rings (SSSR count). The van der Waals surface area contributed by atoms with E-state index in [0.717, 1.165) is 25.6 Å². The van der Waals surface area contributed by atoms with E-state index in [-0.39, 0.29) is 17.9 Å². The van der Waals surface area contributed by atoms with Crippen LogP contribution in [0.3, 0.4) is 0 Å². The van der Waals surface area contributed by atoms with Gasteiger partial charge in [0.1, 0.15) is 17.9 Å². The number of thiazole rings is 1. The van der Waals surface area contributed by atoms with E-state index >= 15 is 0 Å². The Kier molecular flexibility index (Phi) is 6.80. The van der Waals surface area contributed by atoms with Gasteiger partial charge in [-0.15, -0.1) is 22.7 Å². The fourth-order valence-electron chi connectivity index (χ4n) is 3.76. The second-order valence-electron chi connectivity index (χ2n) is 7.86. The van der Waals surface area contributed by atoms with Crippen molar-refractivity contribution in [2.75, 3.05) is 5.73 Å². The molecule has 0 radical (unpaired) electrons. The first kappa shape index (κ1) is 23.7. The van der Waals surface area contributed by atoms with Crippen molar-refractivity contribution in [1.82, 2.24) is 19.4 Å². The van der Waals surface area contributed by atoms with Gasteiger partial charge in [-0.05, 0) is 37.8 Å². The van der Waals surface area contributed by atoms with E-state index in [0.29, 0.717) is 5.69 Å². The Morgan fingerprint density at radius 2 is 1.85 bits per heavy atom. The normalized spacial score (nSPS) is 12.0. The molecule has 3 aromatic heterocycles. The zero-order valence-electron chi connectivity index (χ0n) is 19.1. The molecule has 0 bridgehead atoms. The highest BCUT2D eigenvalue weighted by atomic mass is 32.1. The number of anilines is 1. The Labute approximate surface area is 204 Å². The minimum atomic E-state index is -0.629. The van der Waals surface area contributed by atoms with Crippen LogP contribution in [-0.4, -0.2) is 20.0 Å². The molecule has 1 amide bonds. The van der Waals surface area contributed by atoms with Crippen LogP contribution in [0.4, 0.5) is 5.82 Å². The van der Waals surface area contributed by atoms with Crippen LogP contribution in [0.25, 0.3) is 11.3 Å². The third-order valence-electron chi connectivity index (χ3n) is 5.50. The van der Waals surface area contributed by atoms with Crippen molar-refractivity contribution in [1.29, 1.82) is 0 Å². The molecule has 3 N–H and O–H groups in total. The summed E-state index contributed by atoms with van der Waals surface area (Å²) in [5.41, 5.74) is 7.48. The van der Waals surface area contributed by atoms with E-state index in [9.17, 15) is 14.4 Å². The maximum Gasteiger partial charge on any atom is 0.333 e. The largest absolute Gasteiger partial charge is 0.384 e. The first-order valence-corrected chi connectivity index (χ1v) is 12.5. The number of thiophene rings is 1. The Bertz CT molecular complexity index is 1430. The minimum absolute atomic E-state index is 0.0515. The van der Waals surface area contributed by atoms with Gasteiger partial charge in [0, 0.05) is 16.8 Å². The molecular weight excluding hydrogens is 470 g/mol. The summed E-state index contributed by atoms with van der Waals surface area (Å²) >= 11 is 2.90. The van der Waals surface area contributed by atoms with Gasteiger partial charge in [-0.25, -0.2) is 9.78 Å². The molecule has 1 atom stereocenters. The van der Waals surface area contributed by atoms with Gasteiger partial charge in [0.05, 0.1) is 16.7 Å². The summed E-state index contributed by atoms with van der Waals surface area (Å²) in [6.07, 6.45) is 0. The molecule has 34 heavy (non-hydrogen) atoms. The highest BCUT2D eigenvalue weighted by molar-refractivity contribution is 7.10. The van der Waals surface area contributed by atoms with E-state index in [1.54, 1.807) is 12.3 Å². The fraction of sp³-hybridized carbons (Fsp3) is 0.250. The maximum absolute atomic E-state index is 13.3. The Morgan fingerprint density at radius 1 is 1.12 bits per heavy atom. The first-order chi connectivity index (χ1) is 16.3. The van der Waals surface area contributed by atoms with E-state index in [4.69, 9.17) is 5.73 Å².